The lowest BCUT2D eigenvalue weighted by molar-refractivity contribution is 0.677. The lowest BCUT2D eigenvalue weighted by Gasteiger charge is -2.02. The molecule has 0 unspecified atom stereocenters. The van der Waals surface area contributed by atoms with Crippen LogP contribution in [0.15, 0.2) is 28.9 Å². The topological polar surface area (TPSA) is 40.7 Å². The molecule has 1 heterocycles. The SMILES string of the molecule is Cc1ccc(-c2ncc(CNC3CC3)[nH]2)cc1Br. The molecule has 0 amide bonds. The van der Waals surface area contributed by atoms with Crippen molar-refractivity contribution in [1.29, 1.82) is 0 Å². The summed E-state index contributed by atoms with van der Waals surface area (Å²) in [5.74, 6) is 0.934. The molecule has 1 aliphatic carbocycles. The predicted octanol–water partition coefficient (Wildman–Crippen LogP) is 3.40. The summed E-state index contributed by atoms with van der Waals surface area (Å²) < 4.78 is 1.12. The molecule has 0 radical (unpaired) electrons. The second-order valence-corrected chi connectivity index (χ2v) is 5.73. The van der Waals surface area contributed by atoms with Gasteiger partial charge < -0.3 is 10.3 Å². The van der Waals surface area contributed by atoms with E-state index in [1.807, 2.05) is 6.20 Å². The van der Waals surface area contributed by atoms with Gasteiger partial charge in [-0.3, -0.25) is 0 Å². The minimum absolute atomic E-state index is 0.727. The van der Waals surface area contributed by atoms with E-state index in [1.54, 1.807) is 0 Å². The molecule has 0 bridgehead atoms. The third-order valence-corrected chi connectivity index (χ3v) is 4.09. The van der Waals surface area contributed by atoms with E-state index in [-0.39, 0.29) is 0 Å². The second-order valence-electron chi connectivity index (χ2n) is 4.88. The highest BCUT2D eigenvalue weighted by atomic mass is 79.9. The van der Waals surface area contributed by atoms with Gasteiger partial charge in [-0.05, 0) is 31.4 Å². The van der Waals surface area contributed by atoms with Crippen molar-refractivity contribution >= 4 is 15.9 Å². The van der Waals surface area contributed by atoms with Gasteiger partial charge in [0.15, 0.2) is 0 Å². The van der Waals surface area contributed by atoms with Gasteiger partial charge in [0.1, 0.15) is 5.82 Å². The fourth-order valence-electron chi connectivity index (χ4n) is 1.88. The van der Waals surface area contributed by atoms with E-state index in [0.29, 0.717) is 0 Å². The van der Waals surface area contributed by atoms with Crippen LogP contribution in [-0.2, 0) is 6.54 Å². The Kier molecular flexibility index (Phi) is 3.22. The maximum absolute atomic E-state index is 4.44. The number of hydrogen-bond acceptors (Lipinski definition) is 2. The molecule has 0 spiro atoms. The third-order valence-electron chi connectivity index (χ3n) is 3.23. The molecule has 1 saturated carbocycles. The summed E-state index contributed by atoms with van der Waals surface area (Å²) in [7, 11) is 0. The fraction of sp³-hybridized carbons (Fsp3) is 0.357. The Morgan fingerprint density at radius 3 is 3.00 bits per heavy atom. The van der Waals surface area contributed by atoms with E-state index >= 15 is 0 Å². The molecular weight excluding hydrogens is 290 g/mol. The number of rotatable bonds is 4. The van der Waals surface area contributed by atoms with Gasteiger partial charge in [-0.25, -0.2) is 4.98 Å². The number of aromatic amines is 1. The summed E-state index contributed by atoms with van der Waals surface area (Å²) in [5.41, 5.74) is 3.50. The first kappa shape index (κ1) is 11.9. The van der Waals surface area contributed by atoms with Gasteiger partial charge in [0.2, 0.25) is 0 Å². The number of aromatic nitrogens is 2. The Balaban J connectivity index is 1.76. The second kappa shape index (κ2) is 4.86. The molecular formula is C14H16BrN3. The molecule has 0 aliphatic heterocycles. The Hall–Kier alpha value is -1.13. The van der Waals surface area contributed by atoms with Crippen LogP contribution in [0.4, 0.5) is 0 Å². The Labute approximate surface area is 115 Å². The Bertz CT molecular complexity index is 558. The van der Waals surface area contributed by atoms with Crippen LogP contribution in [0.1, 0.15) is 24.1 Å². The van der Waals surface area contributed by atoms with Gasteiger partial charge in [0.25, 0.3) is 0 Å². The molecule has 94 valence electrons. The molecule has 3 rings (SSSR count). The van der Waals surface area contributed by atoms with Gasteiger partial charge in [0.05, 0.1) is 0 Å². The van der Waals surface area contributed by atoms with Gasteiger partial charge in [-0.1, -0.05) is 28.1 Å². The number of H-pyrrole nitrogens is 1. The predicted molar refractivity (Wildman–Crippen MR) is 76.3 cm³/mol. The molecule has 1 aromatic carbocycles. The first-order valence-electron chi connectivity index (χ1n) is 6.26. The number of halogens is 1. The number of aryl methyl sites for hydroxylation is 1. The van der Waals surface area contributed by atoms with Crippen molar-refractivity contribution in [1.82, 2.24) is 15.3 Å². The molecule has 18 heavy (non-hydrogen) atoms. The molecule has 2 aromatic rings. The van der Waals surface area contributed by atoms with Crippen molar-refractivity contribution in [2.45, 2.75) is 32.4 Å². The smallest absolute Gasteiger partial charge is 0.137 e. The number of hydrogen-bond donors (Lipinski definition) is 2. The molecule has 1 fully saturated rings. The van der Waals surface area contributed by atoms with Crippen molar-refractivity contribution in [2.75, 3.05) is 0 Å². The van der Waals surface area contributed by atoms with Crippen LogP contribution in [0.3, 0.4) is 0 Å². The fourth-order valence-corrected chi connectivity index (χ4v) is 2.26. The average Bonchev–Trinajstić information content (AvgIpc) is 3.08. The quantitative estimate of drug-likeness (QED) is 0.909. The van der Waals surface area contributed by atoms with Crippen LogP contribution in [-0.4, -0.2) is 16.0 Å². The van der Waals surface area contributed by atoms with Crippen LogP contribution < -0.4 is 5.32 Å². The molecule has 1 aromatic heterocycles. The van der Waals surface area contributed by atoms with Crippen molar-refractivity contribution in [3.8, 4) is 11.4 Å². The zero-order valence-corrected chi connectivity index (χ0v) is 11.9. The van der Waals surface area contributed by atoms with Crippen molar-refractivity contribution in [2.24, 2.45) is 0 Å². The third kappa shape index (κ3) is 2.65. The van der Waals surface area contributed by atoms with Crippen LogP contribution in [0, 0.1) is 6.92 Å². The standard InChI is InChI=1S/C14H16BrN3/c1-9-2-3-10(6-13(9)15)14-17-8-12(18-14)7-16-11-4-5-11/h2-3,6,8,11,16H,4-5,7H2,1H3,(H,17,18). The molecule has 2 N–H and O–H groups in total. The average molecular weight is 306 g/mol. The zero-order chi connectivity index (χ0) is 12.5. The van der Waals surface area contributed by atoms with Gasteiger partial charge in [-0.2, -0.15) is 0 Å². The highest BCUT2D eigenvalue weighted by Gasteiger charge is 2.20. The summed E-state index contributed by atoms with van der Waals surface area (Å²) >= 11 is 3.55. The number of nitrogens with zero attached hydrogens (tertiary/aromatic N) is 1. The normalized spacial score (nSPS) is 15.0. The molecule has 4 heteroatoms. The summed E-state index contributed by atoms with van der Waals surface area (Å²) in [6.07, 6.45) is 4.54. The Morgan fingerprint density at radius 2 is 2.28 bits per heavy atom. The summed E-state index contributed by atoms with van der Waals surface area (Å²) in [6, 6.07) is 7.03. The van der Waals surface area contributed by atoms with E-state index in [9.17, 15) is 0 Å². The highest BCUT2D eigenvalue weighted by Crippen LogP contribution is 2.24. The molecule has 1 aliphatic rings. The van der Waals surface area contributed by atoms with Crippen LogP contribution in [0.25, 0.3) is 11.4 Å². The first-order chi connectivity index (χ1) is 8.72. The van der Waals surface area contributed by atoms with Crippen molar-refractivity contribution in [3.63, 3.8) is 0 Å². The minimum Gasteiger partial charge on any atom is -0.341 e. The van der Waals surface area contributed by atoms with E-state index in [0.717, 1.165) is 34.1 Å². The van der Waals surface area contributed by atoms with Crippen LogP contribution in [0.2, 0.25) is 0 Å². The van der Waals surface area contributed by atoms with Gasteiger partial charge in [0, 0.05) is 34.5 Å². The number of imidazole rings is 1. The first-order valence-corrected chi connectivity index (χ1v) is 7.05. The Morgan fingerprint density at radius 1 is 1.44 bits per heavy atom. The highest BCUT2D eigenvalue weighted by molar-refractivity contribution is 9.10. The maximum atomic E-state index is 4.44. The zero-order valence-electron chi connectivity index (χ0n) is 10.3. The molecule has 0 saturated heterocycles. The lowest BCUT2D eigenvalue weighted by atomic mass is 10.1. The summed E-state index contributed by atoms with van der Waals surface area (Å²) in [6.45, 7) is 2.96. The summed E-state index contributed by atoms with van der Waals surface area (Å²) in [5, 5.41) is 3.48. The van der Waals surface area contributed by atoms with E-state index in [1.165, 1.54) is 18.4 Å². The number of nitrogens with one attached hydrogen (secondary N) is 2. The van der Waals surface area contributed by atoms with Crippen molar-refractivity contribution < 1.29 is 0 Å². The van der Waals surface area contributed by atoms with Crippen LogP contribution in [0.5, 0.6) is 0 Å². The minimum atomic E-state index is 0.727. The van der Waals surface area contributed by atoms with Gasteiger partial charge >= 0.3 is 0 Å². The monoisotopic (exact) mass is 305 g/mol. The van der Waals surface area contributed by atoms with E-state index in [2.05, 4.69) is 56.3 Å². The number of benzene rings is 1. The van der Waals surface area contributed by atoms with Gasteiger partial charge in [-0.15, -0.1) is 0 Å². The summed E-state index contributed by atoms with van der Waals surface area (Å²) in [4.78, 5) is 7.80. The lowest BCUT2D eigenvalue weighted by Crippen LogP contribution is -2.15. The largest absolute Gasteiger partial charge is 0.341 e. The van der Waals surface area contributed by atoms with E-state index in [4.69, 9.17) is 0 Å². The van der Waals surface area contributed by atoms with Crippen LogP contribution >= 0.6 is 15.9 Å². The van der Waals surface area contributed by atoms with E-state index < -0.39 is 0 Å². The van der Waals surface area contributed by atoms with Crippen molar-refractivity contribution in [3.05, 3.63) is 40.1 Å². The molecule has 0 atom stereocenters. The maximum Gasteiger partial charge on any atom is 0.137 e. The molecule has 3 nitrogen and oxygen atoms in total.